The van der Waals surface area contributed by atoms with Crippen molar-refractivity contribution in [2.24, 2.45) is 0 Å². The maximum absolute atomic E-state index is 12.4. The monoisotopic (exact) mass is 244 g/mol. The van der Waals surface area contributed by atoms with Gasteiger partial charge in [-0.3, -0.25) is 0 Å². The Morgan fingerprint density at radius 3 is 2.22 bits per heavy atom. The molecule has 2 fully saturated rings. The minimum absolute atomic E-state index is 0.0931. The molecule has 18 heavy (non-hydrogen) atoms. The van der Waals surface area contributed by atoms with Crippen LogP contribution in [-0.4, -0.2) is 23.0 Å². The van der Waals surface area contributed by atoms with Gasteiger partial charge in [0, 0.05) is 17.8 Å². The molecule has 3 heteroatoms. The molecule has 2 aliphatic carbocycles. The van der Waals surface area contributed by atoms with E-state index in [1.54, 1.807) is 0 Å². The number of rotatable bonds is 3. The highest BCUT2D eigenvalue weighted by molar-refractivity contribution is 5.90. The van der Waals surface area contributed by atoms with Gasteiger partial charge in [-0.15, -0.1) is 0 Å². The summed E-state index contributed by atoms with van der Waals surface area (Å²) in [6, 6.07) is 10.8. The number of nitrogens with one attached hydrogen (secondary N) is 1. The lowest BCUT2D eigenvalue weighted by molar-refractivity contribution is 0.184. The lowest BCUT2D eigenvalue weighted by Crippen LogP contribution is -2.43. The van der Waals surface area contributed by atoms with E-state index in [9.17, 15) is 4.79 Å². The summed E-state index contributed by atoms with van der Waals surface area (Å²) in [4.78, 5) is 14.5. The minimum Gasteiger partial charge on any atom is -0.319 e. The Labute approximate surface area is 108 Å². The van der Waals surface area contributed by atoms with Crippen molar-refractivity contribution in [2.75, 3.05) is 5.32 Å². The van der Waals surface area contributed by atoms with E-state index in [-0.39, 0.29) is 6.03 Å². The van der Waals surface area contributed by atoms with Crippen molar-refractivity contribution in [3.63, 3.8) is 0 Å². The standard InChI is InChI=1S/C15H20N2O/c18-15(16-12-6-2-1-3-7-12)17(14-10-11-14)13-8-4-5-9-13/h1-3,6-7,13-14H,4-5,8-11H2,(H,16,18). The number of hydrogen-bond acceptors (Lipinski definition) is 1. The molecule has 0 saturated heterocycles. The molecular weight excluding hydrogens is 224 g/mol. The Morgan fingerprint density at radius 1 is 1.00 bits per heavy atom. The summed E-state index contributed by atoms with van der Waals surface area (Å²) in [6.45, 7) is 0. The summed E-state index contributed by atoms with van der Waals surface area (Å²) in [5.41, 5.74) is 0.895. The Hall–Kier alpha value is -1.51. The second-order valence-electron chi connectivity index (χ2n) is 5.37. The first-order valence-corrected chi connectivity index (χ1v) is 6.99. The molecule has 0 heterocycles. The van der Waals surface area contributed by atoms with Gasteiger partial charge < -0.3 is 10.2 Å². The lowest BCUT2D eigenvalue weighted by Gasteiger charge is -2.29. The second-order valence-corrected chi connectivity index (χ2v) is 5.37. The van der Waals surface area contributed by atoms with E-state index in [4.69, 9.17) is 0 Å². The average molecular weight is 244 g/mol. The summed E-state index contributed by atoms with van der Waals surface area (Å²) in [7, 11) is 0. The molecule has 2 amide bonds. The number of urea groups is 1. The Bertz CT molecular complexity index is 408. The van der Waals surface area contributed by atoms with E-state index in [0.29, 0.717) is 12.1 Å². The van der Waals surface area contributed by atoms with Crippen molar-refractivity contribution in [2.45, 2.75) is 50.6 Å². The van der Waals surface area contributed by atoms with E-state index < -0.39 is 0 Å². The predicted molar refractivity (Wildman–Crippen MR) is 72.6 cm³/mol. The molecule has 96 valence electrons. The highest BCUT2D eigenvalue weighted by Crippen LogP contribution is 2.34. The maximum Gasteiger partial charge on any atom is 0.322 e. The molecule has 2 saturated carbocycles. The van der Waals surface area contributed by atoms with Crippen LogP contribution in [0.1, 0.15) is 38.5 Å². The van der Waals surface area contributed by atoms with Gasteiger partial charge >= 0.3 is 6.03 Å². The van der Waals surface area contributed by atoms with E-state index in [1.165, 1.54) is 38.5 Å². The van der Waals surface area contributed by atoms with Gasteiger partial charge in [0.25, 0.3) is 0 Å². The molecule has 1 aromatic rings. The van der Waals surface area contributed by atoms with E-state index in [2.05, 4.69) is 10.2 Å². The van der Waals surface area contributed by atoms with Crippen molar-refractivity contribution >= 4 is 11.7 Å². The van der Waals surface area contributed by atoms with Crippen molar-refractivity contribution in [1.29, 1.82) is 0 Å². The van der Waals surface area contributed by atoms with E-state index in [0.717, 1.165) is 5.69 Å². The fourth-order valence-corrected chi connectivity index (χ4v) is 2.87. The van der Waals surface area contributed by atoms with Crippen molar-refractivity contribution in [3.05, 3.63) is 30.3 Å². The first-order chi connectivity index (χ1) is 8.84. The number of amides is 2. The van der Waals surface area contributed by atoms with Gasteiger partial charge in [-0.2, -0.15) is 0 Å². The molecule has 3 rings (SSSR count). The van der Waals surface area contributed by atoms with Gasteiger partial charge in [0.15, 0.2) is 0 Å². The molecule has 3 nitrogen and oxygen atoms in total. The molecule has 0 bridgehead atoms. The Kier molecular flexibility index (Phi) is 3.22. The van der Waals surface area contributed by atoms with Gasteiger partial charge in [0.1, 0.15) is 0 Å². The van der Waals surface area contributed by atoms with Gasteiger partial charge in [-0.05, 0) is 37.8 Å². The van der Waals surface area contributed by atoms with Crippen LogP contribution in [-0.2, 0) is 0 Å². The molecule has 1 aromatic carbocycles. The molecule has 0 unspecified atom stereocenters. The third kappa shape index (κ3) is 2.50. The van der Waals surface area contributed by atoms with Crippen LogP contribution < -0.4 is 5.32 Å². The van der Waals surface area contributed by atoms with Crippen molar-refractivity contribution < 1.29 is 4.79 Å². The number of hydrogen-bond donors (Lipinski definition) is 1. The SMILES string of the molecule is O=C(Nc1ccccc1)N(C1CCCC1)C1CC1. The van der Waals surface area contributed by atoms with Crippen LogP contribution in [0.5, 0.6) is 0 Å². The van der Waals surface area contributed by atoms with Gasteiger partial charge in [-0.25, -0.2) is 4.79 Å². The van der Waals surface area contributed by atoms with E-state index in [1.807, 2.05) is 30.3 Å². The van der Waals surface area contributed by atoms with Gasteiger partial charge in [0.05, 0.1) is 0 Å². The first kappa shape index (κ1) is 11.6. The number of anilines is 1. The maximum atomic E-state index is 12.4. The predicted octanol–water partition coefficient (Wildman–Crippen LogP) is 3.63. The summed E-state index contributed by atoms with van der Waals surface area (Å²) in [5.74, 6) is 0. The molecule has 0 spiro atoms. The quantitative estimate of drug-likeness (QED) is 0.865. The van der Waals surface area contributed by atoms with Crippen LogP contribution in [0.4, 0.5) is 10.5 Å². The van der Waals surface area contributed by atoms with Crippen LogP contribution in [0.25, 0.3) is 0 Å². The molecule has 0 aliphatic heterocycles. The molecule has 0 radical (unpaired) electrons. The third-order valence-electron chi connectivity index (χ3n) is 3.92. The summed E-state index contributed by atoms with van der Waals surface area (Å²) >= 11 is 0. The fraction of sp³-hybridized carbons (Fsp3) is 0.533. The lowest BCUT2D eigenvalue weighted by atomic mass is 10.2. The first-order valence-electron chi connectivity index (χ1n) is 6.99. The third-order valence-corrected chi connectivity index (χ3v) is 3.92. The van der Waals surface area contributed by atoms with Gasteiger partial charge in [0.2, 0.25) is 0 Å². The molecule has 0 aromatic heterocycles. The number of benzene rings is 1. The topological polar surface area (TPSA) is 32.3 Å². The molecule has 2 aliphatic rings. The normalized spacial score (nSPS) is 19.8. The summed E-state index contributed by atoms with van der Waals surface area (Å²) in [6.07, 6.45) is 7.26. The number of nitrogens with zero attached hydrogens (tertiary/aromatic N) is 1. The summed E-state index contributed by atoms with van der Waals surface area (Å²) < 4.78 is 0. The van der Waals surface area contributed by atoms with Crippen LogP contribution in [0.3, 0.4) is 0 Å². The largest absolute Gasteiger partial charge is 0.322 e. The average Bonchev–Trinajstić information content (AvgIpc) is 3.05. The van der Waals surface area contributed by atoms with Crippen molar-refractivity contribution in [3.8, 4) is 0 Å². The highest BCUT2D eigenvalue weighted by atomic mass is 16.2. The van der Waals surface area contributed by atoms with Crippen LogP contribution in [0, 0.1) is 0 Å². The smallest absolute Gasteiger partial charge is 0.319 e. The zero-order chi connectivity index (χ0) is 12.4. The van der Waals surface area contributed by atoms with Crippen molar-refractivity contribution in [1.82, 2.24) is 4.90 Å². The van der Waals surface area contributed by atoms with Gasteiger partial charge in [-0.1, -0.05) is 31.0 Å². The molecule has 1 N–H and O–H groups in total. The van der Waals surface area contributed by atoms with Crippen LogP contribution in [0.2, 0.25) is 0 Å². The Balaban J connectivity index is 1.68. The number of para-hydroxylation sites is 1. The Morgan fingerprint density at radius 2 is 1.61 bits per heavy atom. The summed E-state index contributed by atoms with van der Waals surface area (Å²) in [5, 5.41) is 3.03. The second kappa shape index (κ2) is 5.01. The fourth-order valence-electron chi connectivity index (χ4n) is 2.87. The number of carbonyl (C=O) groups excluding carboxylic acids is 1. The zero-order valence-corrected chi connectivity index (χ0v) is 10.6. The zero-order valence-electron chi connectivity index (χ0n) is 10.6. The van der Waals surface area contributed by atoms with E-state index >= 15 is 0 Å². The minimum atomic E-state index is 0.0931. The number of carbonyl (C=O) groups is 1. The molecule has 0 atom stereocenters. The highest BCUT2D eigenvalue weighted by Gasteiger charge is 2.38. The van der Waals surface area contributed by atoms with Crippen LogP contribution in [0.15, 0.2) is 30.3 Å². The molecular formula is C15H20N2O. The van der Waals surface area contributed by atoms with Crippen LogP contribution >= 0.6 is 0 Å².